The fourth-order valence-corrected chi connectivity index (χ4v) is 3.23. The van der Waals surface area contributed by atoms with Gasteiger partial charge in [-0.3, -0.25) is 4.79 Å². The van der Waals surface area contributed by atoms with Crippen LogP contribution in [0.3, 0.4) is 0 Å². The van der Waals surface area contributed by atoms with Crippen LogP contribution in [0.4, 0.5) is 15.8 Å². The molecule has 0 bridgehead atoms. The Labute approximate surface area is 166 Å². The minimum atomic E-state index is -0.340. The van der Waals surface area contributed by atoms with Gasteiger partial charge < -0.3 is 19.7 Å². The largest absolute Gasteiger partial charge is 0.494 e. The Hall–Kier alpha value is -2.12. The first-order chi connectivity index (χ1) is 13.1. The minimum absolute atomic E-state index is 0.161. The highest BCUT2D eigenvalue weighted by atomic mass is 79.9. The minimum Gasteiger partial charge on any atom is -0.494 e. The van der Waals surface area contributed by atoms with Crippen molar-refractivity contribution >= 4 is 33.2 Å². The maximum absolute atomic E-state index is 14.4. The van der Waals surface area contributed by atoms with Gasteiger partial charge in [0.05, 0.1) is 25.5 Å². The van der Waals surface area contributed by atoms with Crippen molar-refractivity contribution in [3.8, 4) is 5.75 Å². The van der Waals surface area contributed by atoms with Gasteiger partial charge in [0.1, 0.15) is 11.6 Å². The number of benzene rings is 2. The second kappa shape index (κ2) is 9.71. The number of carbonyl (C=O) groups is 1. The maximum atomic E-state index is 14.4. The first-order valence-electron chi connectivity index (χ1n) is 8.92. The van der Waals surface area contributed by atoms with E-state index in [1.165, 1.54) is 6.07 Å². The number of hydrogen-bond donors (Lipinski definition) is 1. The summed E-state index contributed by atoms with van der Waals surface area (Å²) >= 11 is 3.38. The van der Waals surface area contributed by atoms with Crippen LogP contribution in [0.15, 0.2) is 46.9 Å². The molecule has 0 spiro atoms. The van der Waals surface area contributed by atoms with E-state index in [2.05, 4.69) is 21.2 Å². The van der Waals surface area contributed by atoms with Gasteiger partial charge in [0, 0.05) is 29.7 Å². The number of anilines is 2. The van der Waals surface area contributed by atoms with Crippen LogP contribution < -0.4 is 15.0 Å². The zero-order chi connectivity index (χ0) is 19.1. The maximum Gasteiger partial charge on any atom is 0.224 e. The third-order valence-corrected chi connectivity index (χ3v) is 4.69. The van der Waals surface area contributed by atoms with Gasteiger partial charge in [-0.25, -0.2) is 4.39 Å². The molecule has 0 aliphatic carbocycles. The first-order valence-corrected chi connectivity index (χ1v) is 9.71. The lowest BCUT2D eigenvalue weighted by Gasteiger charge is -2.29. The van der Waals surface area contributed by atoms with Crippen LogP contribution >= 0.6 is 15.9 Å². The highest BCUT2D eigenvalue weighted by Gasteiger charge is 2.15. The highest BCUT2D eigenvalue weighted by Crippen LogP contribution is 2.24. The fourth-order valence-electron chi connectivity index (χ4n) is 2.85. The van der Waals surface area contributed by atoms with Crippen molar-refractivity contribution in [2.45, 2.75) is 12.8 Å². The number of hydrogen-bond acceptors (Lipinski definition) is 4. The zero-order valence-corrected chi connectivity index (χ0v) is 16.5. The van der Waals surface area contributed by atoms with Crippen molar-refractivity contribution in [2.75, 3.05) is 43.1 Å². The van der Waals surface area contributed by atoms with Gasteiger partial charge in [-0.15, -0.1) is 0 Å². The Balaban J connectivity index is 1.44. The van der Waals surface area contributed by atoms with Crippen LogP contribution in [0.1, 0.15) is 12.8 Å². The smallest absolute Gasteiger partial charge is 0.224 e. The molecule has 1 amide bonds. The number of carbonyl (C=O) groups excluding carboxylic acids is 1. The number of halogens is 2. The van der Waals surface area contributed by atoms with Gasteiger partial charge in [0.25, 0.3) is 0 Å². The standard InChI is InChI=1S/C20H22BrFN2O3/c21-15-3-1-4-17(13-15)27-10-2-5-20(25)23-16-6-7-19(18(22)14-16)24-8-11-26-12-9-24/h1,3-4,6-7,13-14H,2,5,8-12H2,(H,23,25). The van der Waals surface area contributed by atoms with Crippen molar-refractivity contribution in [3.63, 3.8) is 0 Å². The second-order valence-electron chi connectivity index (χ2n) is 6.22. The molecule has 1 heterocycles. The molecule has 5 nitrogen and oxygen atoms in total. The molecular formula is C20H22BrFN2O3. The third-order valence-electron chi connectivity index (χ3n) is 4.20. The van der Waals surface area contributed by atoms with E-state index < -0.39 is 0 Å². The van der Waals surface area contributed by atoms with Crippen molar-refractivity contribution in [1.29, 1.82) is 0 Å². The normalized spacial score (nSPS) is 14.1. The van der Waals surface area contributed by atoms with E-state index in [4.69, 9.17) is 9.47 Å². The lowest BCUT2D eigenvalue weighted by molar-refractivity contribution is -0.116. The molecule has 2 aromatic rings. The Kier molecular flexibility index (Phi) is 7.06. The van der Waals surface area contributed by atoms with Crippen LogP contribution in [0.2, 0.25) is 0 Å². The summed E-state index contributed by atoms with van der Waals surface area (Å²) in [5.74, 6) is 0.254. The average Bonchev–Trinajstić information content (AvgIpc) is 2.66. The van der Waals surface area contributed by atoms with E-state index in [1.807, 2.05) is 29.2 Å². The van der Waals surface area contributed by atoms with Crippen LogP contribution in [-0.4, -0.2) is 38.8 Å². The lowest BCUT2D eigenvalue weighted by atomic mass is 10.2. The molecule has 0 radical (unpaired) electrons. The van der Waals surface area contributed by atoms with Gasteiger partial charge in [-0.1, -0.05) is 22.0 Å². The van der Waals surface area contributed by atoms with E-state index in [-0.39, 0.29) is 11.7 Å². The topological polar surface area (TPSA) is 50.8 Å². The molecule has 144 valence electrons. The monoisotopic (exact) mass is 436 g/mol. The molecule has 0 saturated carbocycles. The molecule has 1 aliphatic rings. The molecule has 2 aromatic carbocycles. The quantitative estimate of drug-likeness (QED) is 0.660. The summed E-state index contributed by atoms with van der Waals surface area (Å²) in [6.07, 6.45) is 0.882. The molecule has 1 saturated heterocycles. The van der Waals surface area contributed by atoms with Crippen LogP contribution in [-0.2, 0) is 9.53 Å². The van der Waals surface area contributed by atoms with Crippen molar-refractivity contribution < 1.29 is 18.7 Å². The number of nitrogens with one attached hydrogen (secondary N) is 1. The Morgan fingerprint density at radius 2 is 2.04 bits per heavy atom. The van der Waals surface area contributed by atoms with Crippen molar-refractivity contribution in [3.05, 3.63) is 52.8 Å². The summed E-state index contributed by atoms with van der Waals surface area (Å²) in [4.78, 5) is 14.0. The molecule has 3 rings (SSSR count). The SMILES string of the molecule is O=C(CCCOc1cccc(Br)c1)Nc1ccc(N2CCOCC2)c(F)c1. The third kappa shape index (κ3) is 5.94. The molecule has 27 heavy (non-hydrogen) atoms. The molecule has 0 aromatic heterocycles. The predicted molar refractivity (Wildman–Crippen MR) is 107 cm³/mol. The van der Waals surface area contributed by atoms with Crippen LogP contribution in [0, 0.1) is 5.82 Å². The summed E-state index contributed by atoms with van der Waals surface area (Å²) in [7, 11) is 0. The Bertz CT molecular complexity index is 782. The summed E-state index contributed by atoms with van der Waals surface area (Å²) in [6, 6.07) is 12.3. The van der Waals surface area contributed by atoms with Gasteiger partial charge in [0.15, 0.2) is 0 Å². The van der Waals surface area contributed by atoms with E-state index in [9.17, 15) is 9.18 Å². The predicted octanol–water partition coefficient (Wildman–Crippen LogP) is 4.22. The first kappa shape index (κ1) is 19.6. The summed E-state index contributed by atoms with van der Waals surface area (Å²) in [5.41, 5.74) is 1.00. The van der Waals surface area contributed by atoms with Crippen molar-refractivity contribution in [2.24, 2.45) is 0 Å². The van der Waals surface area contributed by atoms with Gasteiger partial charge in [0.2, 0.25) is 5.91 Å². The summed E-state index contributed by atoms with van der Waals surface area (Å²) in [6.45, 7) is 2.97. The second-order valence-corrected chi connectivity index (χ2v) is 7.14. The van der Waals surface area contributed by atoms with Gasteiger partial charge in [-0.05, 0) is 42.8 Å². The molecule has 0 atom stereocenters. The molecule has 1 aliphatic heterocycles. The molecule has 7 heteroatoms. The average molecular weight is 437 g/mol. The summed E-state index contributed by atoms with van der Waals surface area (Å²) < 4.78 is 26.2. The summed E-state index contributed by atoms with van der Waals surface area (Å²) in [5, 5.41) is 2.74. The Morgan fingerprint density at radius 3 is 2.78 bits per heavy atom. The van der Waals surface area contributed by atoms with E-state index in [0.29, 0.717) is 57.1 Å². The number of rotatable bonds is 7. The Morgan fingerprint density at radius 1 is 1.22 bits per heavy atom. The molecule has 0 unspecified atom stereocenters. The highest BCUT2D eigenvalue weighted by molar-refractivity contribution is 9.10. The lowest BCUT2D eigenvalue weighted by Crippen LogP contribution is -2.36. The van der Waals surface area contributed by atoms with Crippen molar-refractivity contribution in [1.82, 2.24) is 0 Å². The number of ether oxygens (including phenoxy) is 2. The van der Waals surface area contributed by atoms with E-state index >= 15 is 0 Å². The molecule has 1 fully saturated rings. The number of morpholine rings is 1. The number of nitrogens with zero attached hydrogens (tertiary/aromatic N) is 1. The van der Waals surface area contributed by atoms with Crippen LogP contribution in [0.5, 0.6) is 5.75 Å². The fraction of sp³-hybridized carbons (Fsp3) is 0.350. The molecule has 1 N–H and O–H groups in total. The molecular weight excluding hydrogens is 415 g/mol. The van der Waals surface area contributed by atoms with Gasteiger partial charge in [-0.2, -0.15) is 0 Å². The van der Waals surface area contributed by atoms with E-state index in [1.54, 1.807) is 12.1 Å². The van der Waals surface area contributed by atoms with Crippen LogP contribution in [0.25, 0.3) is 0 Å². The van der Waals surface area contributed by atoms with Gasteiger partial charge >= 0.3 is 0 Å². The zero-order valence-electron chi connectivity index (χ0n) is 14.9. The van der Waals surface area contributed by atoms with E-state index in [0.717, 1.165) is 10.2 Å². The number of amides is 1.